The van der Waals surface area contributed by atoms with Crippen LogP contribution in [0.3, 0.4) is 0 Å². The Morgan fingerprint density at radius 1 is 0.895 bits per heavy atom. The smallest absolute Gasteiger partial charge is 0.308 e. The normalized spacial score (nSPS) is 10.4. The van der Waals surface area contributed by atoms with Gasteiger partial charge in [0, 0.05) is 12.5 Å². The molecule has 0 spiro atoms. The van der Waals surface area contributed by atoms with Gasteiger partial charge in [0.25, 0.3) is 0 Å². The molecule has 2 N–H and O–H groups in total. The molecule has 0 heterocycles. The molecule has 0 saturated carbocycles. The Kier molecular flexibility index (Phi) is 6.60. The van der Waals surface area contributed by atoms with E-state index in [1.54, 1.807) is 12.2 Å². The fourth-order valence-corrected chi connectivity index (χ4v) is 0.910. The van der Waals surface area contributed by atoms with E-state index in [1.165, 1.54) is 19.1 Å². The van der Waals surface area contributed by atoms with Crippen LogP contribution in [0, 0.1) is 0 Å². The Balaban J connectivity index is 4.52. The minimum absolute atomic E-state index is 0.169. The largest absolute Gasteiger partial charge is 0.427 e. The van der Waals surface area contributed by atoms with Gasteiger partial charge in [-0.1, -0.05) is 38.5 Å². The van der Waals surface area contributed by atoms with Gasteiger partial charge in [-0.15, -0.1) is 0 Å². The van der Waals surface area contributed by atoms with Crippen molar-refractivity contribution in [3.63, 3.8) is 0 Å². The first-order chi connectivity index (χ1) is 8.73. The summed E-state index contributed by atoms with van der Waals surface area (Å²) in [7, 11) is 0. The van der Waals surface area contributed by atoms with Gasteiger partial charge in [-0.2, -0.15) is 0 Å². The fraction of sp³-hybridized carbons (Fsp3) is 0.0667. The molecular formula is C15H17NO3. The Hall–Kier alpha value is -2.62. The highest BCUT2D eigenvalue weighted by Crippen LogP contribution is 2.11. The number of hydrogen-bond acceptors (Lipinski definition) is 3. The summed E-state index contributed by atoms with van der Waals surface area (Å²) >= 11 is 0. The molecule has 0 aliphatic heterocycles. The summed E-state index contributed by atoms with van der Waals surface area (Å²) in [5.41, 5.74) is 6.33. The van der Waals surface area contributed by atoms with Crippen LogP contribution in [-0.2, 0) is 14.3 Å². The maximum Gasteiger partial charge on any atom is 0.308 e. The fourth-order valence-electron chi connectivity index (χ4n) is 0.910. The summed E-state index contributed by atoms with van der Waals surface area (Å²) in [5, 5.41) is 0. The lowest BCUT2D eigenvalue weighted by molar-refractivity contribution is -0.136. The first-order valence-electron chi connectivity index (χ1n) is 5.34. The van der Waals surface area contributed by atoms with E-state index in [-0.39, 0.29) is 11.3 Å². The molecule has 0 aromatic heterocycles. The summed E-state index contributed by atoms with van der Waals surface area (Å²) in [5.74, 6) is -0.850. The Labute approximate surface area is 112 Å². The number of amides is 1. The summed E-state index contributed by atoms with van der Waals surface area (Å²) in [6.07, 6.45) is 6.09. The van der Waals surface area contributed by atoms with E-state index in [1.807, 2.05) is 0 Å². The average Bonchev–Trinajstić information content (AvgIpc) is 2.31. The number of ether oxygens (including phenoxy) is 1. The van der Waals surface area contributed by atoms with Crippen molar-refractivity contribution in [2.45, 2.75) is 6.92 Å². The topological polar surface area (TPSA) is 69.4 Å². The molecule has 0 rings (SSSR count). The molecule has 4 nitrogen and oxygen atoms in total. The van der Waals surface area contributed by atoms with E-state index in [9.17, 15) is 9.59 Å². The number of esters is 1. The predicted molar refractivity (Wildman–Crippen MR) is 75.8 cm³/mol. The van der Waals surface area contributed by atoms with Crippen LogP contribution in [-0.4, -0.2) is 11.9 Å². The molecule has 0 bridgehead atoms. The average molecular weight is 259 g/mol. The van der Waals surface area contributed by atoms with Gasteiger partial charge in [-0.25, -0.2) is 0 Å². The summed E-state index contributed by atoms with van der Waals surface area (Å²) in [4.78, 5) is 21.4. The highest BCUT2D eigenvalue weighted by Gasteiger charge is 1.98. The van der Waals surface area contributed by atoms with Crippen LogP contribution in [0.15, 0.2) is 73.1 Å². The molecule has 1 amide bonds. The second-order valence-corrected chi connectivity index (χ2v) is 3.67. The van der Waals surface area contributed by atoms with Crippen LogP contribution in [0.2, 0.25) is 0 Å². The zero-order chi connectivity index (χ0) is 15.0. The molecule has 19 heavy (non-hydrogen) atoms. The third kappa shape index (κ3) is 7.33. The predicted octanol–water partition coefficient (Wildman–Crippen LogP) is 2.33. The van der Waals surface area contributed by atoms with Gasteiger partial charge in [0.05, 0.1) is 0 Å². The monoisotopic (exact) mass is 259 g/mol. The molecule has 0 aromatic carbocycles. The van der Waals surface area contributed by atoms with Crippen molar-refractivity contribution < 1.29 is 14.3 Å². The van der Waals surface area contributed by atoms with Crippen LogP contribution >= 0.6 is 0 Å². The van der Waals surface area contributed by atoms with E-state index in [2.05, 4.69) is 26.3 Å². The highest BCUT2D eigenvalue weighted by atomic mass is 16.5. The Morgan fingerprint density at radius 3 is 1.74 bits per heavy atom. The SMILES string of the molecule is C=C(/C=C\C(=C)C(=C)/C=C\C(=C)C(N)=O)OC(C)=O. The first-order valence-corrected chi connectivity index (χ1v) is 5.34. The third-order valence-corrected chi connectivity index (χ3v) is 1.96. The molecule has 0 aromatic rings. The Bertz CT molecular complexity index is 507. The first kappa shape index (κ1) is 16.4. The van der Waals surface area contributed by atoms with Gasteiger partial charge in [-0.3, -0.25) is 9.59 Å². The molecular weight excluding hydrogens is 242 g/mol. The zero-order valence-electron chi connectivity index (χ0n) is 10.9. The standard InChI is InChI=1S/C15H17NO3/c1-10(6-7-12(3)15(16)18)11(2)8-9-13(4)19-14(5)17/h6-9H,1-4H2,5H3,(H2,16,18)/b7-6-,9-8-. The molecule has 4 heteroatoms. The minimum Gasteiger partial charge on any atom is -0.427 e. The van der Waals surface area contributed by atoms with Gasteiger partial charge in [0.2, 0.25) is 5.91 Å². The highest BCUT2D eigenvalue weighted by molar-refractivity contribution is 5.94. The molecule has 0 atom stereocenters. The van der Waals surface area contributed by atoms with Gasteiger partial charge < -0.3 is 10.5 Å². The van der Waals surface area contributed by atoms with E-state index in [0.29, 0.717) is 11.1 Å². The van der Waals surface area contributed by atoms with E-state index < -0.39 is 11.9 Å². The van der Waals surface area contributed by atoms with Gasteiger partial charge >= 0.3 is 5.97 Å². The molecule has 0 fully saturated rings. The van der Waals surface area contributed by atoms with Crippen LogP contribution in [0.1, 0.15) is 6.92 Å². The third-order valence-electron chi connectivity index (χ3n) is 1.96. The summed E-state index contributed by atoms with van der Waals surface area (Å²) < 4.78 is 4.73. The number of nitrogens with two attached hydrogens (primary N) is 1. The van der Waals surface area contributed by atoms with Crippen molar-refractivity contribution in [1.29, 1.82) is 0 Å². The number of carbonyl (C=O) groups is 2. The molecule has 0 saturated heterocycles. The summed E-state index contributed by atoms with van der Waals surface area (Å²) in [6.45, 7) is 15.8. The molecule has 0 unspecified atom stereocenters. The lowest BCUT2D eigenvalue weighted by Crippen LogP contribution is -2.11. The summed E-state index contributed by atoms with van der Waals surface area (Å²) in [6, 6.07) is 0. The quantitative estimate of drug-likeness (QED) is 0.330. The molecule has 0 aliphatic rings. The van der Waals surface area contributed by atoms with Crippen molar-refractivity contribution in [2.24, 2.45) is 5.73 Å². The van der Waals surface area contributed by atoms with Crippen molar-refractivity contribution in [2.75, 3.05) is 0 Å². The van der Waals surface area contributed by atoms with Crippen molar-refractivity contribution >= 4 is 11.9 Å². The molecule has 0 radical (unpaired) electrons. The number of primary amides is 1. The maximum absolute atomic E-state index is 10.7. The maximum atomic E-state index is 10.7. The van der Waals surface area contributed by atoms with Crippen LogP contribution in [0.25, 0.3) is 0 Å². The number of carbonyl (C=O) groups excluding carboxylic acids is 2. The second-order valence-electron chi connectivity index (χ2n) is 3.67. The van der Waals surface area contributed by atoms with E-state index in [4.69, 9.17) is 10.5 Å². The lowest BCUT2D eigenvalue weighted by Gasteiger charge is -2.01. The van der Waals surface area contributed by atoms with Crippen molar-refractivity contribution in [1.82, 2.24) is 0 Å². The van der Waals surface area contributed by atoms with E-state index >= 15 is 0 Å². The van der Waals surface area contributed by atoms with Gasteiger partial charge in [0.15, 0.2) is 0 Å². The lowest BCUT2D eigenvalue weighted by atomic mass is 10.1. The molecule has 100 valence electrons. The number of allylic oxidation sites excluding steroid dienone is 5. The van der Waals surface area contributed by atoms with Crippen LogP contribution in [0.5, 0.6) is 0 Å². The van der Waals surface area contributed by atoms with Gasteiger partial charge in [0.1, 0.15) is 5.76 Å². The van der Waals surface area contributed by atoms with Gasteiger partial charge in [-0.05, 0) is 23.3 Å². The van der Waals surface area contributed by atoms with Crippen LogP contribution < -0.4 is 5.73 Å². The Morgan fingerprint density at radius 2 is 1.32 bits per heavy atom. The molecule has 0 aliphatic carbocycles. The van der Waals surface area contributed by atoms with E-state index in [0.717, 1.165) is 0 Å². The second kappa shape index (κ2) is 7.66. The number of hydrogen-bond donors (Lipinski definition) is 1. The number of rotatable bonds is 7. The zero-order valence-corrected chi connectivity index (χ0v) is 10.9. The van der Waals surface area contributed by atoms with Crippen LogP contribution in [0.4, 0.5) is 0 Å². The van der Waals surface area contributed by atoms with Crippen molar-refractivity contribution in [3.05, 3.63) is 73.1 Å². The van der Waals surface area contributed by atoms with Crippen molar-refractivity contribution in [3.8, 4) is 0 Å². The minimum atomic E-state index is -0.603.